The highest BCUT2D eigenvalue weighted by molar-refractivity contribution is 7.89. The molecule has 20 heavy (non-hydrogen) atoms. The predicted molar refractivity (Wildman–Crippen MR) is 75.8 cm³/mol. The van der Waals surface area contributed by atoms with Crippen molar-refractivity contribution in [2.45, 2.75) is 43.5 Å². The summed E-state index contributed by atoms with van der Waals surface area (Å²) in [5, 5.41) is 5.10. The monoisotopic (exact) mass is 299 g/mol. The Bertz CT molecular complexity index is 600. The van der Waals surface area contributed by atoms with Gasteiger partial charge in [-0.3, -0.25) is 4.79 Å². The largest absolute Gasteiger partial charge is 0.345 e. The molecule has 1 fully saturated rings. The Balaban J connectivity index is 2.30. The molecular weight excluding hydrogens is 278 g/mol. The van der Waals surface area contributed by atoms with Gasteiger partial charge >= 0.3 is 0 Å². The van der Waals surface area contributed by atoms with Crippen LogP contribution in [0.1, 0.15) is 43.1 Å². The van der Waals surface area contributed by atoms with Crippen LogP contribution in [0.2, 0.25) is 0 Å². The molecule has 7 heteroatoms. The number of nitrogens with two attached hydrogens (primary N) is 1. The van der Waals surface area contributed by atoms with Gasteiger partial charge in [-0.2, -0.15) is 0 Å². The van der Waals surface area contributed by atoms with Crippen molar-refractivity contribution < 1.29 is 13.2 Å². The zero-order valence-corrected chi connectivity index (χ0v) is 12.7. The minimum absolute atomic E-state index is 0.0224. The minimum Gasteiger partial charge on any atom is -0.345 e. The Morgan fingerprint density at radius 1 is 1.45 bits per heavy atom. The van der Waals surface area contributed by atoms with Gasteiger partial charge in [0, 0.05) is 25.8 Å². The molecular formula is C13H21N3O3S. The zero-order valence-electron chi connectivity index (χ0n) is 11.9. The summed E-state index contributed by atoms with van der Waals surface area (Å²) >= 11 is 0. The number of aromatic nitrogens is 1. The summed E-state index contributed by atoms with van der Waals surface area (Å²) in [5.41, 5.74) is 0.364. The molecule has 6 nitrogen and oxygen atoms in total. The molecule has 1 aliphatic rings. The molecule has 1 heterocycles. The lowest BCUT2D eigenvalue weighted by atomic mass is 10.2. The van der Waals surface area contributed by atoms with Gasteiger partial charge in [-0.05, 0) is 25.8 Å². The van der Waals surface area contributed by atoms with Gasteiger partial charge in [0.05, 0.1) is 0 Å². The van der Waals surface area contributed by atoms with E-state index >= 15 is 0 Å². The van der Waals surface area contributed by atoms with E-state index in [4.69, 9.17) is 5.14 Å². The van der Waals surface area contributed by atoms with Crippen LogP contribution in [0, 0.1) is 0 Å². The van der Waals surface area contributed by atoms with Crippen molar-refractivity contribution in [3.8, 4) is 0 Å². The fraction of sp³-hybridized carbons (Fsp3) is 0.615. The van der Waals surface area contributed by atoms with E-state index in [1.807, 2.05) is 11.8 Å². The standard InChI is InChI=1S/C13H21N3O3S/c1-3-16(10-6-4-5-7-10)13(17)12-8-11(9-15(12)2)20(14,18)19/h8-10H,3-7H2,1-2H3,(H2,14,18,19). The molecule has 0 spiro atoms. The number of nitrogens with zero attached hydrogens (tertiary/aromatic N) is 2. The number of rotatable bonds is 4. The van der Waals surface area contributed by atoms with Crippen LogP contribution in [-0.4, -0.2) is 36.4 Å². The van der Waals surface area contributed by atoms with Gasteiger partial charge in [-0.1, -0.05) is 12.8 Å². The van der Waals surface area contributed by atoms with Crippen LogP contribution >= 0.6 is 0 Å². The van der Waals surface area contributed by atoms with Crippen LogP contribution in [0.5, 0.6) is 0 Å². The zero-order chi connectivity index (χ0) is 14.9. The van der Waals surface area contributed by atoms with Crippen molar-refractivity contribution in [2.75, 3.05) is 6.54 Å². The molecule has 0 bridgehead atoms. The van der Waals surface area contributed by atoms with Gasteiger partial charge in [0.15, 0.2) is 0 Å². The molecule has 0 aliphatic heterocycles. The van der Waals surface area contributed by atoms with Crippen molar-refractivity contribution in [1.82, 2.24) is 9.47 Å². The van der Waals surface area contributed by atoms with Crippen LogP contribution in [0.15, 0.2) is 17.2 Å². The fourth-order valence-corrected chi connectivity index (χ4v) is 3.41. The van der Waals surface area contributed by atoms with Gasteiger partial charge < -0.3 is 9.47 Å². The van der Waals surface area contributed by atoms with Crippen LogP contribution in [0.3, 0.4) is 0 Å². The van der Waals surface area contributed by atoms with Crippen LogP contribution < -0.4 is 5.14 Å². The number of sulfonamides is 1. The van der Waals surface area contributed by atoms with Crippen LogP contribution in [0.4, 0.5) is 0 Å². The summed E-state index contributed by atoms with van der Waals surface area (Å²) in [7, 11) is -2.12. The summed E-state index contributed by atoms with van der Waals surface area (Å²) in [6.45, 7) is 2.57. The normalized spacial score (nSPS) is 16.6. The second-order valence-corrected chi connectivity index (χ2v) is 6.81. The Labute approximate surface area is 119 Å². The Morgan fingerprint density at radius 2 is 2.05 bits per heavy atom. The van der Waals surface area contributed by atoms with E-state index in [1.165, 1.54) is 16.8 Å². The van der Waals surface area contributed by atoms with Gasteiger partial charge in [-0.15, -0.1) is 0 Å². The molecule has 0 aromatic carbocycles. The Kier molecular flexibility index (Phi) is 4.19. The van der Waals surface area contributed by atoms with Crippen molar-refractivity contribution in [3.05, 3.63) is 18.0 Å². The van der Waals surface area contributed by atoms with Gasteiger partial charge in [0.25, 0.3) is 5.91 Å². The third-order valence-electron chi connectivity index (χ3n) is 3.89. The molecule has 0 saturated heterocycles. The lowest BCUT2D eigenvalue weighted by molar-refractivity contribution is 0.0683. The van der Waals surface area contributed by atoms with Gasteiger partial charge in [-0.25, -0.2) is 13.6 Å². The van der Waals surface area contributed by atoms with E-state index in [9.17, 15) is 13.2 Å². The van der Waals surface area contributed by atoms with Crippen molar-refractivity contribution in [1.29, 1.82) is 0 Å². The quantitative estimate of drug-likeness (QED) is 0.902. The molecule has 112 valence electrons. The van der Waals surface area contributed by atoms with Crippen molar-refractivity contribution in [2.24, 2.45) is 12.2 Å². The maximum Gasteiger partial charge on any atom is 0.270 e. The molecule has 1 aromatic heterocycles. The molecule has 0 unspecified atom stereocenters. The highest BCUT2D eigenvalue weighted by Gasteiger charge is 2.28. The maximum atomic E-state index is 12.6. The lowest BCUT2D eigenvalue weighted by Gasteiger charge is -2.27. The summed E-state index contributed by atoms with van der Waals surface area (Å²) in [4.78, 5) is 14.4. The van der Waals surface area contributed by atoms with Gasteiger partial charge in [0.2, 0.25) is 10.0 Å². The molecule has 1 amide bonds. The SMILES string of the molecule is CCN(C(=O)c1cc(S(N)(=O)=O)cn1C)C1CCCC1. The first-order valence-electron chi connectivity index (χ1n) is 6.84. The van der Waals surface area contributed by atoms with E-state index < -0.39 is 10.0 Å². The molecule has 0 radical (unpaired) electrons. The predicted octanol–water partition coefficient (Wildman–Crippen LogP) is 1.08. The topological polar surface area (TPSA) is 85.4 Å². The summed E-state index contributed by atoms with van der Waals surface area (Å²) in [5.74, 6) is -0.128. The van der Waals surface area contributed by atoms with Crippen molar-refractivity contribution >= 4 is 15.9 Å². The first-order valence-corrected chi connectivity index (χ1v) is 8.39. The third-order valence-corrected chi connectivity index (χ3v) is 4.77. The number of primary sulfonamides is 1. The average Bonchev–Trinajstić information content (AvgIpc) is 2.98. The number of hydrogen-bond acceptors (Lipinski definition) is 3. The molecule has 2 N–H and O–H groups in total. The Hall–Kier alpha value is -1.34. The summed E-state index contributed by atoms with van der Waals surface area (Å²) < 4.78 is 24.2. The number of aryl methyl sites for hydroxylation is 1. The first-order chi connectivity index (χ1) is 9.34. The molecule has 1 saturated carbocycles. The van der Waals surface area contributed by atoms with Crippen LogP contribution in [0.25, 0.3) is 0 Å². The molecule has 1 aliphatic carbocycles. The van der Waals surface area contributed by atoms with E-state index in [2.05, 4.69) is 0 Å². The van der Waals surface area contributed by atoms with Crippen LogP contribution in [-0.2, 0) is 17.1 Å². The number of amides is 1. The van der Waals surface area contributed by atoms with Crippen molar-refractivity contribution in [3.63, 3.8) is 0 Å². The maximum absolute atomic E-state index is 12.6. The molecule has 2 rings (SSSR count). The summed E-state index contributed by atoms with van der Waals surface area (Å²) in [6.07, 6.45) is 5.71. The number of hydrogen-bond donors (Lipinski definition) is 1. The van der Waals surface area contributed by atoms with E-state index in [0.717, 1.165) is 25.7 Å². The van der Waals surface area contributed by atoms with Gasteiger partial charge in [0.1, 0.15) is 10.6 Å². The highest BCUT2D eigenvalue weighted by atomic mass is 32.2. The Morgan fingerprint density at radius 3 is 2.50 bits per heavy atom. The molecule has 0 atom stereocenters. The first kappa shape index (κ1) is 15.1. The highest BCUT2D eigenvalue weighted by Crippen LogP contribution is 2.25. The average molecular weight is 299 g/mol. The van der Waals surface area contributed by atoms with E-state index in [0.29, 0.717) is 12.2 Å². The summed E-state index contributed by atoms with van der Waals surface area (Å²) in [6, 6.07) is 1.62. The fourth-order valence-electron chi connectivity index (χ4n) is 2.83. The number of carbonyl (C=O) groups is 1. The van der Waals surface area contributed by atoms with E-state index in [1.54, 1.807) is 7.05 Å². The lowest BCUT2D eigenvalue weighted by Crippen LogP contribution is -2.39. The third kappa shape index (κ3) is 2.88. The minimum atomic E-state index is -3.78. The number of carbonyl (C=O) groups excluding carboxylic acids is 1. The smallest absolute Gasteiger partial charge is 0.270 e. The second-order valence-electron chi connectivity index (χ2n) is 5.25. The van der Waals surface area contributed by atoms with E-state index in [-0.39, 0.29) is 16.8 Å². The second kappa shape index (κ2) is 5.57. The molecule has 1 aromatic rings.